The molecule has 0 aliphatic heterocycles. The van der Waals surface area contributed by atoms with Crippen LogP contribution in [0.3, 0.4) is 0 Å². The zero-order valence-corrected chi connectivity index (χ0v) is 10.8. The van der Waals surface area contributed by atoms with Crippen LogP contribution >= 0.6 is 0 Å². The highest BCUT2D eigenvalue weighted by atomic mass is 19.1. The Kier molecular flexibility index (Phi) is 2.36. The third kappa shape index (κ3) is 1.48. The second-order valence-corrected chi connectivity index (χ2v) is 6.73. The predicted molar refractivity (Wildman–Crippen MR) is 67.3 cm³/mol. The summed E-state index contributed by atoms with van der Waals surface area (Å²) >= 11 is 0. The van der Waals surface area contributed by atoms with Crippen LogP contribution in [0.2, 0.25) is 0 Å². The average Bonchev–Trinajstić information content (AvgIpc) is 2.35. The van der Waals surface area contributed by atoms with Gasteiger partial charge in [-0.15, -0.1) is 0 Å². The molecule has 1 N–H and O–H groups in total. The molecule has 19 heavy (non-hydrogen) atoms. The van der Waals surface area contributed by atoms with E-state index in [1.807, 2.05) is 0 Å². The van der Waals surface area contributed by atoms with Crippen LogP contribution in [0.5, 0.6) is 0 Å². The summed E-state index contributed by atoms with van der Waals surface area (Å²) in [6.07, 6.45) is 4.96. The summed E-state index contributed by atoms with van der Waals surface area (Å²) in [4.78, 5) is 0. The molecule has 4 aliphatic rings. The minimum atomic E-state index is -1.27. The lowest BCUT2D eigenvalue weighted by molar-refractivity contribution is -0.182. The van der Waals surface area contributed by atoms with Crippen molar-refractivity contribution >= 4 is 0 Å². The molecule has 1 aromatic rings. The highest BCUT2D eigenvalue weighted by Crippen LogP contribution is 2.62. The Morgan fingerprint density at radius 2 is 1.37 bits per heavy atom. The second kappa shape index (κ2) is 3.78. The lowest BCUT2D eigenvalue weighted by atomic mass is 9.48. The highest BCUT2D eigenvalue weighted by molar-refractivity contribution is 5.30. The quantitative estimate of drug-likeness (QED) is 0.821. The van der Waals surface area contributed by atoms with Gasteiger partial charge in [-0.1, -0.05) is 6.07 Å². The molecule has 102 valence electrons. The summed E-state index contributed by atoms with van der Waals surface area (Å²) in [7, 11) is 0. The van der Waals surface area contributed by atoms with Gasteiger partial charge in [0.2, 0.25) is 0 Å². The summed E-state index contributed by atoms with van der Waals surface area (Å²) in [5.41, 5.74) is -1.34. The van der Waals surface area contributed by atoms with Gasteiger partial charge in [-0.2, -0.15) is 0 Å². The van der Waals surface area contributed by atoms with E-state index in [0.29, 0.717) is 11.8 Å². The van der Waals surface area contributed by atoms with Crippen LogP contribution in [0, 0.1) is 35.3 Å². The SMILES string of the molecule is OC1(c2c(F)cccc2F)C2CC3CC(C2)CC1C3. The Balaban J connectivity index is 1.85. The molecule has 0 aromatic heterocycles. The van der Waals surface area contributed by atoms with E-state index in [2.05, 4.69) is 0 Å². The molecule has 4 fully saturated rings. The summed E-state index contributed by atoms with van der Waals surface area (Å²) in [6, 6.07) is 3.90. The number of rotatable bonds is 1. The van der Waals surface area contributed by atoms with Crippen LogP contribution in [0.1, 0.15) is 37.7 Å². The maximum Gasteiger partial charge on any atom is 0.132 e. The molecule has 0 unspecified atom stereocenters. The molecule has 0 atom stereocenters. The molecule has 4 bridgehead atoms. The molecule has 0 amide bonds. The zero-order valence-electron chi connectivity index (χ0n) is 10.8. The molecule has 0 heterocycles. The summed E-state index contributed by atoms with van der Waals surface area (Å²) in [5.74, 6) is 0.227. The van der Waals surface area contributed by atoms with E-state index in [1.54, 1.807) is 0 Å². The van der Waals surface area contributed by atoms with Gasteiger partial charge >= 0.3 is 0 Å². The lowest BCUT2D eigenvalue weighted by Crippen LogP contribution is -2.56. The van der Waals surface area contributed by atoms with Crippen LogP contribution in [-0.4, -0.2) is 5.11 Å². The maximum atomic E-state index is 14.1. The van der Waals surface area contributed by atoms with Crippen molar-refractivity contribution in [1.29, 1.82) is 0 Å². The van der Waals surface area contributed by atoms with E-state index in [0.717, 1.165) is 25.7 Å². The first-order chi connectivity index (χ1) is 9.09. The lowest BCUT2D eigenvalue weighted by Gasteiger charge is -2.59. The van der Waals surface area contributed by atoms with Crippen LogP contribution in [0.25, 0.3) is 0 Å². The fourth-order valence-corrected chi connectivity index (χ4v) is 5.19. The van der Waals surface area contributed by atoms with Crippen molar-refractivity contribution in [3.05, 3.63) is 35.4 Å². The Morgan fingerprint density at radius 1 is 0.895 bits per heavy atom. The fourth-order valence-electron chi connectivity index (χ4n) is 5.19. The largest absolute Gasteiger partial charge is 0.384 e. The number of aliphatic hydroxyl groups is 1. The van der Waals surface area contributed by atoms with E-state index in [-0.39, 0.29) is 17.4 Å². The number of hydrogen-bond acceptors (Lipinski definition) is 1. The van der Waals surface area contributed by atoms with Crippen LogP contribution in [0.15, 0.2) is 18.2 Å². The summed E-state index contributed by atoms with van der Waals surface area (Å²) in [5, 5.41) is 11.1. The van der Waals surface area contributed by atoms with Gasteiger partial charge in [0.1, 0.15) is 17.2 Å². The fraction of sp³-hybridized carbons (Fsp3) is 0.625. The van der Waals surface area contributed by atoms with Gasteiger partial charge < -0.3 is 5.11 Å². The van der Waals surface area contributed by atoms with Crippen LogP contribution in [0.4, 0.5) is 8.78 Å². The van der Waals surface area contributed by atoms with Gasteiger partial charge in [-0.05, 0) is 67.9 Å². The Bertz CT molecular complexity index is 477. The first kappa shape index (κ1) is 11.8. The molecular weight excluding hydrogens is 246 g/mol. The molecule has 1 aromatic carbocycles. The zero-order chi connectivity index (χ0) is 13.2. The maximum absolute atomic E-state index is 14.1. The van der Waals surface area contributed by atoms with Gasteiger partial charge in [0.25, 0.3) is 0 Å². The average molecular weight is 264 g/mol. The van der Waals surface area contributed by atoms with Crippen molar-refractivity contribution in [3.63, 3.8) is 0 Å². The molecule has 0 saturated heterocycles. The second-order valence-electron chi connectivity index (χ2n) is 6.73. The highest BCUT2D eigenvalue weighted by Gasteiger charge is 2.58. The minimum Gasteiger partial charge on any atom is -0.384 e. The van der Waals surface area contributed by atoms with Gasteiger partial charge in [-0.25, -0.2) is 8.78 Å². The van der Waals surface area contributed by atoms with Crippen molar-refractivity contribution < 1.29 is 13.9 Å². The van der Waals surface area contributed by atoms with Crippen molar-refractivity contribution in [1.82, 2.24) is 0 Å². The van der Waals surface area contributed by atoms with Crippen molar-refractivity contribution in [2.75, 3.05) is 0 Å². The predicted octanol–water partition coefficient (Wildman–Crippen LogP) is 3.61. The molecule has 4 aliphatic carbocycles. The van der Waals surface area contributed by atoms with Gasteiger partial charge in [0, 0.05) is 0 Å². The summed E-state index contributed by atoms with van der Waals surface area (Å²) < 4.78 is 28.2. The van der Waals surface area contributed by atoms with E-state index in [9.17, 15) is 13.9 Å². The van der Waals surface area contributed by atoms with Crippen molar-refractivity contribution in [3.8, 4) is 0 Å². The normalized spacial score (nSPS) is 43.7. The molecule has 5 rings (SSSR count). The number of halogens is 2. The third-order valence-electron chi connectivity index (χ3n) is 5.75. The van der Waals surface area contributed by atoms with Crippen molar-refractivity contribution in [2.45, 2.75) is 37.7 Å². The van der Waals surface area contributed by atoms with Crippen molar-refractivity contribution in [2.24, 2.45) is 23.7 Å². The number of benzene rings is 1. The van der Waals surface area contributed by atoms with E-state index in [1.165, 1.54) is 24.6 Å². The smallest absolute Gasteiger partial charge is 0.132 e. The standard InChI is InChI=1S/C16H18F2O/c17-13-2-1-3-14(18)15(13)16(19)11-5-9-4-10(7-11)8-12(16)6-9/h1-3,9-12,19H,4-8H2. The first-order valence-electron chi connectivity index (χ1n) is 7.26. The van der Waals surface area contributed by atoms with Gasteiger partial charge in [-0.3, -0.25) is 0 Å². The van der Waals surface area contributed by atoms with Crippen LogP contribution in [-0.2, 0) is 5.60 Å². The first-order valence-corrected chi connectivity index (χ1v) is 7.26. The topological polar surface area (TPSA) is 20.2 Å². The van der Waals surface area contributed by atoms with Gasteiger partial charge in [0.15, 0.2) is 0 Å². The Hall–Kier alpha value is -0.960. The van der Waals surface area contributed by atoms with E-state index in [4.69, 9.17) is 0 Å². The van der Waals surface area contributed by atoms with Gasteiger partial charge in [0.05, 0.1) is 5.56 Å². The molecule has 0 radical (unpaired) electrons. The Labute approximate surface area is 111 Å². The minimum absolute atomic E-state index is 0.0372. The Morgan fingerprint density at radius 3 is 1.84 bits per heavy atom. The molecule has 4 saturated carbocycles. The molecule has 1 nitrogen and oxygen atoms in total. The van der Waals surface area contributed by atoms with E-state index >= 15 is 0 Å². The third-order valence-corrected chi connectivity index (χ3v) is 5.75. The number of hydrogen-bond donors (Lipinski definition) is 1. The summed E-state index contributed by atoms with van der Waals surface area (Å²) in [6.45, 7) is 0. The molecule has 0 spiro atoms. The molecular formula is C16H18F2O. The van der Waals surface area contributed by atoms with E-state index < -0.39 is 17.2 Å². The van der Waals surface area contributed by atoms with Crippen LogP contribution < -0.4 is 0 Å². The monoisotopic (exact) mass is 264 g/mol. The molecule has 3 heteroatoms.